The summed E-state index contributed by atoms with van der Waals surface area (Å²) in [6, 6.07) is 10.6. The second kappa shape index (κ2) is 9.19. The van der Waals surface area contributed by atoms with E-state index in [9.17, 15) is 14.4 Å². The smallest absolute Gasteiger partial charge is 0.308 e. The third-order valence-corrected chi connectivity index (χ3v) is 4.43. The first-order valence-electron chi connectivity index (χ1n) is 7.08. The van der Waals surface area contributed by atoms with E-state index in [0.717, 1.165) is 4.47 Å². The summed E-state index contributed by atoms with van der Waals surface area (Å²) in [5.41, 5.74) is 0.599. The van der Waals surface area contributed by atoms with Crippen molar-refractivity contribution >= 4 is 50.7 Å². The minimum atomic E-state index is -0.552. The fraction of sp³-hybridized carbons (Fsp3) is 0.188. The largest absolute Gasteiger partial charge is 0.456 e. The number of carbonyl (C=O) groups excluding carboxylic acids is 3. The van der Waals surface area contributed by atoms with E-state index in [0.29, 0.717) is 10.6 Å². The number of benzene rings is 1. The maximum atomic E-state index is 11.7. The summed E-state index contributed by atoms with van der Waals surface area (Å²) in [5.74, 6) is -1.22. The molecule has 0 unspecified atom stereocenters. The van der Waals surface area contributed by atoms with Crippen molar-refractivity contribution in [3.05, 3.63) is 51.1 Å². The molecule has 1 heterocycles. The molecule has 0 spiro atoms. The fourth-order valence-corrected chi connectivity index (χ4v) is 2.76. The van der Waals surface area contributed by atoms with Crippen LogP contribution in [0.2, 0.25) is 0 Å². The van der Waals surface area contributed by atoms with Gasteiger partial charge in [0.05, 0.1) is 17.0 Å². The number of amides is 2. The normalized spacial score (nSPS) is 10.0. The zero-order valence-corrected chi connectivity index (χ0v) is 15.0. The number of hydrogen-bond donors (Lipinski definition) is 2. The lowest BCUT2D eigenvalue weighted by molar-refractivity contribution is -0.147. The van der Waals surface area contributed by atoms with Gasteiger partial charge in [-0.05, 0) is 39.5 Å². The van der Waals surface area contributed by atoms with Crippen molar-refractivity contribution in [3.8, 4) is 0 Å². The van der Waals surface area contributed by atoms with Crippen LogP contribution in [0.5, 0.6) is 0 Å². The molecule has 0 bridgehead atoms. The van der Waals surface area contributed by atoms with Gasteiger partial charge in [-0.2, -0.15) is 0 Å². The first kappa shape index (κ1) is 18.2. The highest BCUT2D eigenvalue weighted by Gasteiger charge is 2.10. The molecule has 0 fully saturated rings. The van der Waals surface area contributed by atoms with Crippen LogP contribution in [-0.4, -0.2) is 30.9 Å². The molecular weight excluding hydrogens is 396 g/mol. The third-order valence-electron chi connectivity index (χ3n) is 2.87. The number of hydrogen-bond acceptors (Lipinski definition) is 5. The van der Waals surface area contributed by atoms with Crippen LogP contribution in [-0.2, 0) is 14.3 Å². The monoisotopic (exact) mass is 410 g/mol. The predicted octanol–water partition coefficient (Wildman–Crippen LogP) is 2.81. The Kier molecular flexibility index (Phi) is 6.95. The van der Waals surface area contributed by atoms with Gasteiger partial charge >= 0.3 is 5.97 Å². The van der Waals surface area contributed by atoms with Crippen LogP contribution in [0.25, 0.3) is 0 Å². The Hall–Kier alpha value is -2.19. The fourth-order valence-electron chi connectivity index (χ4n) is 1.74. The topological polar surface area (TPSA) is 84.5 Å². The standard InChI is InChI=1S/C16H15BrN2O4S/c17-11-4-1-2-5-12(11)19-14(20)10-23-15(21)7-8-18-16(22)13-6-3-9-24-13/h1-6,9H,7-8,10H2,(H,18,22)(H,19,20). The number of para-hydroxylation sites is 1. The van der Waals surface area contributed by atoms with E-state index in [1.54, 1.807) is 35.7 Å². The number of esters is 1. The van der Waals surface area contributed by atoms with Gasteiger partial charge in [0.25, 0.3) is 11.8 Å². The second-order valence-electron chi connectivity index (χ2n) is 4.67. The molecule has 0 saturated carbocycles. The molecule has 6 nitrogen and oxygen atoms in total. The van der Waals surface area contributed by atoms with Crippen molar-refractivity contribution in [1.29, 1.82) is 0 Å². The van der Waals surface area contributed by atoms with E-state index in [1.807, 2.05) is 6.07 Å². The summed E-state index contributed by atoms with van der Waals surface area (Å²) < 4.78 is 5.61. The molecule has 24 heavy (non-hydrogen) atoms. The van der Waals surface area contributed by atoms with Crippen molar-refractivity contribution in [2.24, 2.45) is 0 Å². The zero-order chi connectivity index (χ0) is 17.4. The van der Waals surface area contributed by atoms with Crippen molar-refractivity contribution in [3.63, 3.8) is 0 Å². The molecule has 0 atom stereocenters. The van der Waals surface area contributed by atoms with Crippen LogP contribution in [0.1, 0.15) is 16.1 Å². The van der Waals surface area contributed by atoms with E-state index in [1.165, 1.54) is 11.3 Å². The van der Waals surface area contributed by atoms with Gasteiger partial charge in [0.2, 0.25) is 0 Å². The van der Waals surface area contributed by atoms with E-state index < -0.39 is 11.9 Å². The van der Waals surface area contributed by atoms with Gasteiger partial charge in [0.1, 0.15) is 0 Å². The lowest BCUT2D eigenvalue weighted by atomic mass is 10.3. The number of ether oxygens (including phenoxy) is 1. The average molecular weight is 411 g/mol. The van der Waals surface area contributed by atoms with Gasteiger partial charge in [-0.15, -0.1) is 11.3 Å². The SMILES string of the molecule is O=C(COC(=O)CCNC(=O)c1cccs1)Nc1ccccc1Br. The number of carbonyl (C=O) groups is 3. The molecule has 1 aromatic heterocycles. The lowest BCUT2D eigenvalue weighted by Gasteiger charge is -2.08. The molecule has 2 N–H and O–H groups in total. The molecular formula is C16H15BrN2O4S. The Labute approximate surface area is 151 Å². The van der Waals surface area contributed by atoms with Crippen LogP contribution in [0.4, 0.5) is 5.69 Å². The van der Waals surface area contributed by atoms with Crippen molar-refractivity contribution in [2.75, 3.05) is 18.5 Å². The number of halogens is 1. The van der Waals surface area contributed by atoms with Crippen LogP contribution in [0.15, 0.2) is 46.3 Å². The van der Waals surface area contributed by atoms with E-state index >= 15 is 0 Å². The predicted molar refractivity (Wildman–Crippen MR) is 95.0 cm³/mol. The molecule has 0 aliphatic rings. The van der Waals surface area contributed by atoms with E-state index in [4.69, 9.17) is 4.74 Å². The Morgan fingerprint density at radius 2 is 1.92 bits per heavy atom. The molecule has 0 aliphatic heterocycles. The van der Waals surface area contributed by atoms with Gasteiger partial charge in [-0.25, -0.2) is 0 Å². The molecule has 0 aliphatic carbocycles. The van der Waals surface area contributed by atoms with E-state index in [-0.39, 0.29) is 25.5 Å². The van der Waals surface area contributed by atoms with Crippen LogP contribution in [0, 0.1) is 0 Å². The maximum absolute atomic E-state index is 11.7. The van der Waals surface area contributed by atoms with Crippen LogP contribution >= 0.6 is 27.3 Å². The van der Waals surface area contributed by atoms with Gasteiger partial charge in [-0.1, -0.05) is 18.2 Å². The van der Waals surface area contributed by atoms with Crippen LogP contribution < -0.4 is 10.6 Å². The highest BCUT2D eigenvalue weighted by molar-refractivity contribution is 9.10. The molecule has 2 aromatic rings. The zero-order valence-electron chi connectivity index (χ0n) is 12.6. The molecule has 8 heteroatoms. The Morgan fingerprint density at radius 1 is 1.12 bits per heavy atom. The van der Waals surface area contributed by atoms with Gasteiger partial charge in [0.15, 0.2) is 6.61 Å². The van der Waals surface area contributed by atoms with Gasteiger partial charge in [0, 0.05) is 11.0 Å². The van der Waals surface area contributed by atoms with E-state index in [2.05, 4.69) is 26.6 Å². The summed E-state index contributed by atoms with van der Waals surface area (Å²) in [4.78, 5) is 35.6. The van der Waals surface area contributed by atoms with Crippen molar-refractivity contribution < 1.29 is 19.1 Å². The molecule has 0 radical (unpaired) electrons. The molecule has 126 valence electrons. The lowest BCUT2D eigenvalue weighted by Crippen LogP contribution is -2.27. The highest BCUT2D eigenvalue weighted by atomic mass is 79.9. The van der Waals surface area contributed by atoms with Gasteiger partial charge < -0.3 is 15.4 Å². The first-order valence-corrected chi connectivity index (χ1v) is 8.75. The minimum absolute atomic E-state index is 0.000569. The average Bonchev–Trinajstić information content (AvgIpc) is 3.09. The second-order valence-corrected chi connectivity index (χ2v) is 6.47. The Bertz CT molecular complexity index is 719. The minimum Gasteiger partial charge on any atom is -0.456 e. The summed E-state index contributed by atoms with van der Waals surface area (Å²) in [6.45, 7) is -0.222. The summed E-state index contributed by atoms with van der Waals surface area (Å²) in [6.07, 6.45) is -0.000569. The molecule has 1 aromatic carbocycles. The number of rotatable bonds is 7. The van der Waals surface area contributed by atoms with Gasteiger partial charge in [-0.3, -0.25) is 14.4 Å². The number of anilines is 1. The quantitative estimate of drug-likeness (QED) is 0.687. The Balaban J connectivity index is 1.65. The maximum Gasteiger partial charge on any atom is 0.308 e. The van der Waals surface area contributed by atoms with Crippen molar-refractivity contribution in [1.82, 2.24) is 5.32 Å². The van der Waals surface area contributed by atoms with Crippen LogP contribution in [0.3, 0.4) is 0 Å². The summed E-state index contributed by atoms with van der Waals surface area (Å²) >= 11 is 4.63. The number of nitrogens with one attached hydrogen (secondary N) is 2. The summed E-state index contributed by atoms with van der Waals surface area (Å²) in [5, 5.41) is 7.04. The number of thiophene rings is 1. The summed E-state index contributed by atoms with van der Waals surface area (Å²) in [7, 11) is 0. The first-order chi connectivity index (χ1) is 11.6. The Morgan fingerprint density at radius 3 is 2.62 bits per heavy atom. The molecule has 2 rings (SSSR count). The third kappa shape index (κ3) is 5.78. The van der Waals surface area contributed by atoms with Crippen molar-refractivity contribution in [2.45, 2.75) is 6.42 Å². The molecule has 2 amide bonds. The highest BCUT2D eigenvalue weighted by Crippen LogP contribution is 2.20. The molecule has 0 saturated heterocycles.